The Kier molecular flexibility index (Phi) is 5.34. The van der Waals surface area contributed by atoms with E-state index in [0.717, 1.165) is 27.5 Å². The molecule has 0 unspecified atom stereocenters. The third-order valence-electron chi connectivity index (χ3n) is 3.98. The fraction of sp³-hybridized carbons (Fsp3) is 0.200. The first kappa shape index (κ1) is 17.4. The number of carbonyl (C=O) groups excluding carboxylic acids is 1. The molecule has 1 N–H and O–H groups in total. The molecule has 1 heterocycles. The number of esters is 1. The molecule has 0 aliphatic heterocycles. The summed E-state index contributed by atoms with van der Waals surface area (Å²) in [5, 5.41) is 4.31. The van der Waals surface area contributed by atoms with Crippen LogP contribution in [0.1, 0.15) is 29.8 Å². The number of carbonyl (C=O) groups is 1. The number of nitrogens with one attached hydrogen (secondary N) is 1. The van der Waals surface area contributed by atoms with Gasteiger partial charge in [0.05, 0.1) is 17.8 Å². The van der Waals surface area contributed by atoms with Gasteiger partial charge < -0.3 is 10.1 Å². The van der Waals surface area contributed by atoms with Crippen molar-refractivity contribution in [3.63, 3.8) is 0 Å². The minimum atomic E-state index is -0.381. The minimum Gasteiger partial charge on any atom is -0.462 e. The number of fused-ring (bicyclic) bond motifs is 1. The highest BCUT2D eigenvalue weighted by Crippen LogP contribution is 2.32. The van der Waals surface area contributed by atoms with E-state index in [1.165, 1.54) is 5.56 Å². The number of hydrogen-bond acceptors (Lipinski definition) is 4. The summed E-state index contributed by atoms with van der Waals surface area (Å²) in [6.45, 7) is 4.22. The monoisotopic (exact) mass is 398 g/mol. The highest BCUT2D eigenvalue weighted by Gasteiger charge is 2.18. The summed E-state index contributed by atoms with van der Waals surface area (Å²) in [5.74, 6) is -0.381. The van der Waals surface area contributed by atoms with Gasteiger partial charge in [0.25, 0.3) is 0 Å². The standard InChI is InChI=1S/C20H19BrN2O2/c1-3-13-7-5-6-8-17(13)23-19-15-11-14(21)9-10-18(15)22-12-16(19)20(24)25-4-2/h5-12H,3-4H2,1-2H3,(H,22,23). The molecule has 0 amide bonds. The van der Waals surface area contributed by atoms with Crippen molar-refractivity contribution >= 4 is 44.2 Å². The molecule has 5 heteroatoms. The molecule has 0 atom stereocenters. The van der Waals surface area contributed by atoms with E-state index < -0.39 is 0 Å². The van der Waals surface area contributed by atoms with Gasteiger partial charge >= 0.3 is 5.97 Å². The molecule has 0 aliphatic rings. The fourth-order valence-electron chi connectivity index (χ4n) is 2.75. The van der Waals surface area contributed by atoms with Gasteiger partial charge in [-0.3, -0.25) is 4.98 Å². The van der Waals surface area contributed by atoms with Crippen molar-refractivity contribution in [2.24, 2.45) is 0 Å². The zero-order valence-corrected chi connectivity index (χ0v) is 15.8. The number of ether oxygens (including phenoxy) is 1. The summed E-state index contributed by atoms with van der Waals surface area (Å²) in [5.41, 5.74) is 4.11. The quantitative estimate of drug-likeness (QED) is 0.578. The first-order valence-corrected chi connectivity index (χ1v) is 9.03. The number of rotatable bonds is 5. The largest absolute Gasteiger partial charge is 0.462 e. The second-order valence-electron chi connectivity index (χ2n) is 5.56. The Morgan fingerprint density at radius 1 is 1.20 bits per heavy atom. The molecule has 2 aromatic carbocycles. The van der Waals surface area contributed by atoms with E-state index in [2.05, 4.69) is 39.2 Å². The Bertz CT molecular complexity index is 925. The molecule has 0 fully saturated rings. The third-order valence-corrected chi connectivity index (χ3v) is 4.48. The van der Waals surface area contributed by atoms with Gasteiger partial charge in [0, 0.05) is 21.7 Å². The van der Waals surface area contributed by atoms with Crippen molar-refractivity contribution in [1.82, 2.24) is 4.98 Å². The molecule has 128 valence electrons. The molecule has 0 saturated heterocycles. The molecule has 0 bridgehead atoms. The average Bonchev–Trinajstić information content (AvgIpc) is 2.62. The average molecular weight is 399 g/mol. The minimum absolute atomic E-state index is 0.320. The highest BCUT2D eigenvalue weighted by molar-refractivity contribution is 9.10. The number of pyridine rings is 1. The lowest BCUT2D eigenvalue weighted by molar-refractivity contribution is 0.0527. The smallest absolute Gasteiger partial charge is 0.341 e. The normalized spacial score (nSPS) is 10.7. The lowest BCUT2D eigenvalue weighted by Gasteiger charge is -2.16. The lowest BCUT2D eigenvalue weighted by atomic mass is 10.1. The second-order valence-corrected chi connectivity index (χ2v) is 6.48. The van der Waals surface area contributed by atoms with Crippen LogP contribution in [0, 0.1) is 0 Å². The Morgan fingerprint density at radius 2 is 2.00 bits per heavy atom. The van der Waals surface area contributed by atoms with Gasteiger partial charge in [0.2, 0.25) is 0 Å². The molecule has 0 radical (unpaired) electrons. The van der Waals surface area contributed by atoms with Gasteiger partial charge in [-0.15, -0.1) is 0 Å². The second kappa shape index (κ2) is 7.66. The van der Waals surface area contributed by atoms with Crippen LogP contribution < -0.4 is 5.32 Å². The maximum absolute atomic E-state index is 12.4. The predicted octanol–water partition coefficient (Wildman–Crippen LogP) is 5.48. The number of benzene rings is 2. The van der Waals surface area contributed by atoms with Crippen LogP contribution in [0.3, 0.4) is 0 Å². The summed E-state index contributed by atoms with van der Waals surface area (Å²) in [6.07, 6.45) is 2.47. The number of anilines is 2. The SMILES string of the molecule is CCOC(=O)c1cnc2ccc(Br)cc2c1Nc1ccccc1CC. The zero-order chi connectivity index (χ0) is 17.8. The van der Waals surface area contributed by atoms with E-state index in [0.29, 0.717) is 17.9 Å². The molecule has 4 nitrogen and oxygen atoms in total. The Hall–Kier alpha value is -2.40. The molecule has 0 saturated carbocycles. The van der Waals surface area contributed by atoms with Crippen LogP contribution in [0.15, 0.2) is 53.1 Å². The molecule has 0 aliphatic carbocycles. The van der Waals surface area contributed by atoms with Crippen LogP contribution in [0.5, 0.6) is 0 Å². The van der Waals surface area contributed by atoms with Crippen molar-refractivity contribution in [1.29, 1.82) is 0 Å². The topological polar surface area (TPSA) is 51.2 Å². The van der Waals surface area contributed by atoms with Crippen molar-refractivity contribution in [2.45, 2.75) is 20.3 Å². The van der Waals surface area contributed by atoms with Crippen LogP contribution in [0.2, 0.25) is 0 Å². The molecule has 3 aromatic rings. The Labute approximate surface area is 155 Å². The van der Waals surface area contributed by atoms with Crippen LogP contribution in [-0.2, 0) is 11.2 Å². The molecule has 1 aromatic heterocycles. The number of halogens is 1. The van der Waals surface area contributed by atoms with E-state index in [1.54, 1.807) is 13.1 Å². The molecule has 3 rings (SSSR count). The Balaban J connectivity index is 2.19. The zero-order valence-electron chi connectivity index (χ0n) is 14.2. The highest BCUT2D eigenvalue weighted by atomic mass is 79.9. The van der Waals surface area contributed by atoms with E-state index in [1.807, 2.05) is 36.4 Å². The lowest BCUT2D eigenvalue weighted by Crippen LogP contribution is -2.10. The number of aromatic nitrogens is 1. The molecule has 0 spiro atoms. The maximum atomic E-state index is 12.4. The number of nitrogens with zero attached hydrogens (tertiary/aromatic N) is 1. The third kappa shape index (κ3) is 3.66. The van der Waals surface area contributed by atoms with Gasteiger partial charge in [-0.2, -0.15) is 0 Å². The number of hydrogen-bond donors (Lipinski definition) is 1. The van der Waals surface area contributed by atoms with Gasteiger partial charge in [-0.25, -0.2) is 4.79 Å². The fourth-order valence-corrected chi connectivity index (χ4v) is 3.11. The van der Waals surface area contributed by atoms with E-state index in [9.17, 15) is 4.79 Å². The van der Waals surface area contributed by atoms with E-state index >= 15 is 0 Å². The summed E-state index contributed by atoms with van der Waals surface area (Å²) in [7, 11) is 0. The summed E-state index contributed by atoms with van der Waals surface area (Å²) in [4.78, 5) is 16.8. The van der Waals surface area contributed by atoms with Crippen molar-refractivity contribution in [2.75, 3.05) is 11.9 Å². The van der Waals surface area contributed by atoms with Gasteiger partial charge in [-0.05, 0) is 43.2 Å². The number of para-hydroxylation sites is 1. The number of aryl methyl sites for hydroxylation is 1. The van der Waals surface area contributed by atoms with Gasteiger partial charge in [0.15, 0.2) is 0 Å². The van der Waals surface area contributed by atoms with Gasteiger partial charge in [-0.1, -0.05) is 41.1 Å². The molecular weight excluding hydrogens is 380 g/mol. The van der Waals surface area contributed by atoms with Crippen LogP contribution >= 0.6 is 15.9 Å². The predicted molar refractivity (Wildman–Crippen MR) is 105 cm³/mol. The first-order valence-electron chi connectivity index (χ1n) is 8.24. The Morgan fingerprint density at radius 3 is 2.76 bits per heavy atom. The van der Waals surface area contributed by atoms with E-state index in [4.69, 9.17) is 4.74 Å². The molecular formula is C20H19BrN2O2. The summed E-state index contributed by atoms with van der Waals surface area (Å²) in [6, 6.07) is 13.9. The van der Waals surface area contributed by atoms with Crippen molar-refractivity contribution in [3.05, 3.63) is 64.3 Å². The van der Waals surface area contributed by atoms with E-state index in [-0.39, 0.29) is 5.97 Å². The summed E-state index contributed by atoms with van der Waals surface area (Å²) >= 11 is 3.50. The van der Waals surface area contributed by atoms with Crippen molar-refractivity contribution < 1.29 is 9.53 Å². The van der Waals surface area contributed by atoms with Crippen molar-refractivity contribution in [3.8, 4) is 0 Å². The summed E-state index contributed by atoms with van der Waals surface area (Å²) < 4.78 is 6.14. The maximum Gasteiger partial charge on any atom is 0.341 e. The molecule has 25 heavy (non-hydrogen) atoms. The van der Waals surface area contributed by atoms with Crippen LogP contribution in [0.4, 0.5) is 11.4 Å². The van der Waals surface area contributed by atoms with Crippen LogP contribution in [-0.4, -0.2) is 17.6 Å². The first-order chi connectivity index (χ1) is 12.1. The van der Waals surface area contributed by atoms with Gasteiger partial charge in [0.1, 0.15) is 5.56 Å². The van der Waals surface area contributed by atoms with Crippen LogP contribution in [0.25, 0.3) is 10.9 Å².